The molecule has 0 bridgehead atoms. The van der Waals surface area contributed by atoms with Gasteiger partial charge in [0.25, 0.3) is 0 Å². The van der Waals surface area contributed by atoms with Crippen molar-refractivity contribution in [2.75, 3.05) is 7.05 Å². The Kier molecular flexibility index (Phi) is 4.11. The van der Waals surface area contributed by atoms with Gasteiger partial charge in [-0.3, -0.25) is 0 Å². The summed E-state index contributed by atoms with van der Waals surface area (Å²) in [5.74, 6) is 1.26. The lowest BCUT2D eigenvalue weighted by Crippen LogP contribution is -2.08. The Bertz CT molecular complexity index is 528. The van der Waals surface area contributed by atoms with Gasteiger partial charge in [0.15, 0.2) is 6.61 Å². The molecule has 1 aromatic carbocycles. The van der Waals surface area contributed by atoms with E-state index < -0.39 is 0 Å². The summed E-state index contributed by atoms with van der Waals surface area (Å²) in [7, 11) is 3.57. The molecule has 0 fully saturated rings. The lowest BCUT2D eigenvalue weighted by Gasteiger charge is -2.11. The predicted octanol–water partition coefficient (Wildman–Crippen LogP) is 1.16. The first-order chi connectivity index (χ1) is 8.70. The Hall–Kier alpha value is -1.66. The van der Waals surface area contributed by atoms with Gasteiger partial charge in [0.1, 0.15) is 5.75 Å². The van der Waals surface area contributed by atoms with Crippen LogP contribution >= 0.6 is 11.6 Å². The van der Waals surface area contributed by atoms with Gasteiger partial charge in [-0.05, 0) is 24.4 Å². The predicted molar refractivity (Wildman–Crippen MR) is 67.3 cm³/mol. The number of aryl methyl sites for hydroxylation is 1. The fourth-order valence-corrected chi connectivity index (χ4v) is 1.78. The molecule has 6 nitrogen and oxygen atoms in total. The fourth-order valence-electron chi connectivity index (χ4n) is 1.55. The lowest BCUT2D eigenvalue weighted by atomic mass is 10.2. The highest BCUT2D eigenvalue weighted by molar-refractivity contribution is 6.31. The summed E-state index contributed by atoms with van der Waals surface area (Å²) in [6, 6.07) is 5.55. The van der Waals surface area contributed by atoms with Crippen LogP contribution in [0.15, 0.2) is 18.2 Å². The number of benzene rings is 1. The minimum atomic E-state index is 0.269. The third kappa shape index (κ3) is 2.96. The van der Waals surface area contributed by atoms with E-state index in [0.29, 0.717) is 17.4 Å². The summed E-state index contributed by atoms with van der Waals surface area (Å²) in [5.41, 5.74) is 0.922. The van der Waals surface area contributed by atoms with Crippen LogP contribution in [-0.4, -0.2) is 27.3 Å². The zero-order chi connectivity index (χ0) is 13.0. The number of halogens is 1. The van der Waals surface area contributed by atoms with Gasteiger partial charge in [0.2, 0.25) is 5.82 Å². The third-order valence-electron chi connectivity index (χ3n) is 2.34. The summed E-state index contributed by atoms with van der Waals surface area (Å²) in [4.78, 5) is 1.39. The van der Waals surface area contributed by atoms with Crippen LogP contribution in [0.4, 0.5) is 0 Å². The lowest BCUT2D eigenvalue weighted by molar-refractivity contribution is 0.292. The number of hydrogen-bond donors (Lipinski definition) is 1. The minimum Gasteiger partial charge on any atom is -0.485 e. The molecule has 7 heteroatoms. The fraction of sp³-hybridized carbons (Fsp3) is 0.364. The Labute approximate surface area is 110 Å². The molecule has 2 aromatic rings. The van der Waals surface area contributed by atoms with Crippen LogP contribution in [0.25, 0.3) is 0 Å². The van der Waals surface area contributed by atoms with E-state index in [9.17, 15) is 0 Å². The molecule has 1 N–H and O–H groups in total. The van der Waals surface area contributed by atoms with E-state index in [0.717, 1.165) is 11.3 Å². The average Bonchev–Trinajstić information content (AvgIpc) is 2.76. The van der Waals surface area contributed by atoms with Crippen LogP contribution in [-0.2, 0) is 20.2 Å². The first-order valence-corrected chi connectivity index (χ1v) is 5.86. The van der Waals surface area contributed by atoms with E-state index in [1.54, 1.807) is 7.05 Å². The van der Waals surface area contributed by atoms with Gasteiger partial charge in [-0.1, -0.05) is 17.7 Å². The van der Waals surface area contributed by atoms with Crippen molar-refractivity contribution >= 4 is 11.6 Å². The number of nitrogens with one attached hydrogen (secondary N) is 1. The zero-order valence-electron chi connectivity index (χ0n) is 10.2. The van der Waals surface area contributed by atoms with Gasteiger partial charge in [-0.25, -0.2) is 0 Å². The van der Waals surface area contributed by atoms with Crippen LogP contribution in [0.1, 0.15) is 11.4 Å². The minimum absolute atomic E-state index is 0.269. The molecule has 2 rings (SSSR count). The van der Waals surface area contributed by atoms with E-state index in [-0.39, 0.29) is 6.61 Å². The zero-order valence-corrected chi connectivity index (χ0v) is 11.0. The van der Waals surface area contributed by atoms with Gasteiger partial charge < -0.3 is 10.1 Å². The number of hydrogen-bond acceptors (Lipinski definition) is 5. The first kappa shape index (κ1) is 12.8. The van der Waals surface area contributed by atoms with Gasteiger partial charge in [-0.15, -0.1) is 10.2 Å². The van der Waals surface area contributed by atoms with Crippen LogP contribution in [0.2, 0.25) is 5.02 Å². The van der Waals surface area contributed by atoms with Crippen LogP contribution in [0.5, 0.6) is 5.75 Å². The van der Waals surface area contributed by atoms with Crippen LogP contribution < -0.4 is 10.1 Å². The maximum absolute atomic E-state index is 6.13. The Morgan fingerprint density at radius 3 is 2.94 bits per heavy atom. The third-order valence-corrected chi connectivity index (χ3v) is 2.69. The van der Waals surface area contributed by atoms with E-state index in [4.69, 9.17) is 16.3 Å². The molecule has 0 saturated carbocycles. The Morgan fingerprint density at radius 1 is 1.44 bits per heavy atom. The molecule has 0 aliphatic carbocycles. The van der Waals surface area contributed by atoms with Gasteiger partial charge in [0, 0.05) is 17.1 Å². The Morgan fingerprint density at radius 2 is 2.28 bits per heavy atom. The topological polar surface area (TPSA) is 64.9 Å². The van der Waals surface area contributed by atoms with Crippen molar-refractivity contribution in [3.63, 3.8) is 0 Å². The summed E-state index contributed by atoms with van der Waals surface area (Å²) in [5, 5.41) is 15.4. The van der Waals surface area contributed by atoms with E-state index >= 15 is 0 Å². The molecule has 0 amide bonds. The standard InChI is InChI=1S/C11H14ClN5O/c1-13-6-8-9(12)4-3-5-10(8)18-7-11-14-16-17(2)15-11/h3-5,13H,6-7H2,1-2H3. The molecule has 96 valence electrons. The normalized spacial score (nSPS) is 10.6. The molecular formula is C11H14ClN5O. The summed E-state index contributed by atoms with van der Waals surface area (Å²) in [6.07, 6.45) is 0. The Balaban J connectivity index is 2.11. The highest BCUT2D eigenvalue weighted by Gasteiger charge is 2.09. The molecule has 0 aliphatic heterocycles. The van der Waals surface area contributed by atoms with Crippen molar-refractivity contribution in [3.8, 4) is 5.75 Å². The molecular weight excluding hydrogens is 254 g/mol. The first-order valence-electron chi connectivity index (χ1n) is 5.48. The summed E-state index contributed by atoms with van der Waals surface area (Å²) in [6.45, 7) is 0.911. The average molecular weight is 268 g/mol. The van der Waals surface area contributed by atoms with Gasteiger partial charge in [-0.2, -0.15) is 4.80 Å². The van der Waals surface area contributed by atoms with Crippen molar-refractivity contribution in [1.82, 2.24) is 25.5 Å². The van der Waals surface area contributed by atoms with Crippen molar-refractivity contribution < 1.29 is 4.74 Å². The van der Waals surface area contributed by atoms with Crippen molar-refractivity contribution in [1.29, 1.82) is 0 Å². The second-order valence-electron chi connectivity index (χ2n) is 3.73. The highest BCUT2D eigenvalue weighted by atomic mass is 35.5. The van der Waals surface area contributed by atoms with Crippen molar-refractivity contribution in [3.05, 3.63) is 34.6 Å². The number of rotatable bonds is 5. The van der Waals surface area contributed by atoms with Crippen molar-refractivity contribution in [2.24, 2.45) is 7.05 Å². The van der Waals surface area contributed by atoms with E-state index in [2.05, 4.69) is 20.7 Å². The molecule has 0 aliphatic rings. The largest absolute Gasteiger partial charge is 0.485 e. The molecule has 1 aromatic heterocycles. The molecule has 18 heavy (non-hydrogen) atoms. The number of tetrazole rings is 1. The van der Waals surface area contributed by atoms with Gasteiger partial charge >= 0.3 is 0 Å². The second kappa shape index (κ2) is 5.79. The van der Waals surface area contributed by atoms with E-state index in [1.807, 2.05) is 25.2 Å². The number of aromatic nitrogens is 4. The molecule has 0 radical (unpaired) electrons. The van der Waals surface area contributed by atoms with E-state index in [1.165, 1.54) is 4.80 Å². The second-order valence-corrected chi connectivity index (χ2v) is 4.14. The molecule has 0 unspecified atom stereocenters. The molecule has 1 heterocycles. The quantitative estimate of drug-likeness (QED) is 0.881. The maximum Gasteiger partial charge on any atom is 0.212 e. The summed E-state index contributed by atoms with van der Waals surface area (Å²) >= 11 is 6.13. The smallest absolute Gasteiger partial charge is 0.212 e. The molecule has 0 atom stereocenters. The molecule has 0 saturated heterocycles. The number of nitrogens with zero attached hydrogens (tertiary/aromatic N) is 4. The summed E-state index contributed by atoms with van der Waals surface area (Å²) < 4.78 is 5.67. The molecule has 0 spiro atoms. The SMILES string of the molecule is CNCc1c(Cl)cccc1OCc1nnn(C)n1. The monoisotopic (exact) mass is 267 g/mol. The van der Waals surface area contributed by atoms with Crippen LogP contribution in [0.3, 0.4) is 0 Å². The maximum atomic E-state index is 6.13. The van der Waals surface area contributed by atoms with Gasteiger partial charge in [0.05, 0.1) is 7.05 Å². The van der Waals surface area contributed by atoms with Crippen LogP contribution in [0, 0.1) is 0 Å². The highest BCUT2D eigenvalue weighted by Crippen LogP contribution is 2.26. The number of ether oxygens (including phenoxy) is 1. The van der Waals surface area contributed by atoms with Crippen molar-refractivity contribution in [2.45, 2.75) is 13.2 Å².